The molecule has 124 valence electrons. The van der Waals surface area contributed by atoms with Gasteiger partial charge in [0.15, 0.2) is 4.90 Å². The Hall–Kier alpha value is -1.22. The van der Waals surface area contributed by atoms with Gasteiger partial charge in [-0.05, 0) is 37.8 Å². The Morgan fingerprint density at radius 3 is 1.95 bits per heavy atom. The number of alkyl halides is 3. The zero-order chi connectivity index (χ0) is 16.5. The summed E-state index contributed by atoms with van der Waals surface area (Å²) >= 11 is 0. The van der Waals surface area contributed by atoms with Crippen LogP contribution in [0.4, 0.5) is 22.0 Å². The molecular weight excluding hydrogens is 329 g/mol. The molecule has 0 spiro atoms. The Morgan fingerprint density at radius 1 is 1.00 bits per heavy atom. The average Bonchev–Trinajstić information content (AvgIpc) is 2.37. The van der Waals surface area contributed by atoms with Crippen LogP contribution in [-0.4, -0.2) is 20.6 Å². The highest BCUT2D eigenvalue weighted by Crippen LogP contribution is 2.37. The molecule has 0 aromatic heterocycles. The van der Waals surface area contributed by atoms with E-state index in [1.807, 2.05) is 0 Å². The number of sulfonamides is 1. The second kappa shape index (κ2) is 6.11. The number of benzene rings is 1. The third kappa shape index (κ3) is 3.75. The maximum absolute atomic E-state index is 13.5. The first kappa shape index (κ1) is 17.1. The van der Waals surface area contributed by atoms with Gasteiger partial charge >= 0.3 is 6.18 Å². The van der Waals surface area contributed by atoms with Crippen molar-refractivity contribution in [3.05, 3.63) is 29.8 Å². The van der Waals surface area contributed by atoms with Crippen molar-refractivity contribution >= 4 is 10.0 Å². The fourth-order valence-electron chi connectivity index (χ4n) is 2.56. The lowest BCUT2D eigenvalue weighted by molar-refractivity contribution is -0.182. The standard InChI is InChI=1S/C13H14F5NO2S/c14-10-2-1-3-11(15)12(10)22(20,21)19-9-6-4-8(5-7-9)13(16,17)18/h1-3,8-9,19H,4-7H2. The van der Waals surface area contributed by atoms with E-state index in [2.05, 4.69) is 4.72 Å². The summed E-state index contributed by atoms with van der Waals surface area (Å²) < 4.78 is 90.7. The van der Waals surface area contributed by atoms with E-state index in [0.29, 0.717) is 0 Å². The van der Waals surface area contributed by atoms with E-state index in [-0.39, 0.29) is 25.7 Å². The summed E-state index contributed by atoms with van der Waals surface area (Å²) in [6, 6.07) is 1.87. The smallest absolute Gasteiger partial charge is 0.208 e. The van der Waals surface area contributed by atoms with Crippen LogP contribution in [0, 0.1) is 17.6 Å². The lowest BCUT2D eigenvalue weighted by Crippen LogP contribution is -2.40. The molecule has 3 nitrogen and oxygen atoms in total. The van der Waals surface area contributed by atoms with Crippen LogP contribution >= 0.6 is 0 Å². The Labute approximate surface area is 124 Å². The molecule has 0 aliphatic heterocycles. The highest BCUT2D eigenvalue weighted by atomic mass is 32.2. The third-order valence-electron chi connectivity index (χ3n) is 3.70. The van der Waals surface area contributed by atoms with Crippen LogP contribution in [0.5, 0.6) is 0 Å². The zero-order valence-corrected chi connectivity index (χ0v) is 12.1. The highest BCUT2D eigenvalue weighted by molar-refractivity contribution is 7.89. The quantitative estimate of drug-likeness (QED) is 0.856. The van der Waals surface area contributed by atoms with Gasteiger partial charge in [-0.15, -0.1) is 0 Å². The van der Waals surface area contributed by atoms with E-state index in [9.17, 15) is 30.4 Å². The minimum absolute atomic E-state index is 0.0283. The van der Waals surface area contributed by atoms with Crippen molar-refractivity contribution in [2.75, 3.05) is 0 Å². The average molecular weight is 343 g/mol. The maximum atomic E-state index is 13.5. The van der Waals surface area contributed by atoms with Crippen LogP contribution in [0.2, 0.25) is 0 Å². The van der Waals surface area contributed by atoms with E-state index >= 15 is 0 Å². The predicted molar refractivity (Wildman–Crippen MR) is 68.5 cm³/mol. The van der Waals surface area contributed by atoms with Gasteiger partial charge < -0.3 is 0 Å². The first-order valence-corrected chi connectivity index (χ1v) is 8.12. The van der Waals surface area contributed by atoms with Crippen molar-refractivity contribution in [1.82, 2.24) is 4.72 Å². The van der Waals surface area contributed by atoms with E-state index in [1.165, 1.54) is 0 Å². The molecule has 1 aliphatic carbocycles. The van der Waals surface area contributed by atoms with Gasteiger partial charge in [0.1, 0.15) is 11.6 Å². The van der Waals surface area contributed by atoms with Crippen molar-refractivity contribution in [2.45, 2.75) is 42.8 Å². The molecular formula is C13H14F5NO2S. The van der Waals surface area contributed by atoms with Crippen molar-refractivity contribution in [1.29, 1.82) is 0 Å². The number of hydrogen-bond donors (Lipinski definition) is 1. The summed E-state index contributed by atoms with van der Waals surface area (Å²) in [6.07, 6.45) is -4.78. The molecule has 1 aromatic rings. The molecule has 0 bridgehead atoms. The minimum Gasteiger partial charge on any atom is -0.208 e. The topological polar surface area (TPSA) is 46.2 Å². The minimum atomic E-state index is -4.46. The molecule has 22 heavy (non-hydrogen) atoms. The van der Waals surface area contributed by atoms with Crippen molar-refractivity contribution in [3.8, 4) is 0 Å². The van der Waals surface area contributed by atoms with E-state index in [4.69, 9.17) is 0 Å². The summed E-state index contributed by atoms with van der Waals surface area (Å²) in [6.45, 7) is 0. The molecule has 9 heteroatoms. The summed E-state index contributed by atoms with van der Waals surface area (Å²) in [7, 11) is -4.46. The first-order chi connectivity index (χ1) is 10.1. The predicted octanol–water partition coefficient (Wildman–Crippen LogP) is 3.36. The number of halogens is 5. The van der Waals surface area contributed by atoms with Crippen molar-refractivity contribution < 1.29 is 30.4 Å². The molecule has 2 rings (SSSR count). The van der Waals surface area contributed by atoms with Crippen LogP contribution in [-0.2, 0) is 10.0 Å². The van der Waals surface area contributed by atoms with Gasteiger partial charge in [0.25, 0.3) is 0 Å². The summed E-state index contributed by atoms with van der Waals surface area (Å²) in [4.78, 5) is -1.10. The lowest BCUT2D eigenvalue weighted by Gasteiger charge is -2.30. The molecule has 0 amide bonds. The Balaban J connectivity index is 2.09. The zero-order valence-electron chi connectivity index (χ0n) is 11.3. The first-order valence-electron chi connectivity index (χ1n) is 6.64. The molecule has 1 fully saturated rings. The summed E-state index contributed by atoms with van der Waals surface area (Å²) in [5.74, 6) is -3.94. The fourth-order valence-corrected chi connectivity index (χ4v) is 4.00. The Bertz CT molecular complexity index is 616. The Morgan fingerprint density at radius 2 is 1.50 bits per heavy atom. The molecule has 0 radical (unpaired) electrons. The number of hydrogen-bond acceptors (Lipinski definition) is 2. The summed E-state index contributed by atoms with van der Waals surface area (Å²) in [5, 5.41) is 0. The number of rotatable bonds is 3. The largest absolute Gasteiger partial charge is 0.391 e. The molecule has 0 saturated heterocycles. The Kier molecular flexibility index (Phi) is 4.76. The summed E-state index contributed by atoms with van der Waals surface area (Å²) in [5.41, 5.74) is 0. The van der Waals surface area contributed by atoms with Gasteiger partial charge in [-0.2, -0.15) is 13.2 Å². The molecule has 0 heterocycles. The lowest BCUT2D eigenvalue weighted by atomic mass is 9.86. The molecule has 0 atom stereocenters. The third-order valence-corrected chi connectivity index (χ3v) is 5.27. The SMILES string of the molecule is O=S(=O)(NC1CCC(C(F)(F)F)CC1)c1c(F)cccc1F. The van der Waals surface area contributed by atoms with Gasteiger partial charge in [0, 0.05) is 6.04 Å². The van der Waals surface area contributed by atoms with Crippen LogP contribution in [0.1, 0.15) is 25.7 Å². The molecule has 1 aliphatic rings. The maximum Gasteiger partial charge on any atom is 0.391 e. The van der Waals surface area contributed by atoms with Gasteiger partial charge in [-0.3, -0.25) is 0 Å². The van der Waals surface area contributed by atoms with Gasteiger partial charge in [0.2, 0.25) is 10.0 Å². The molecule has 1 aromatic carbocycles. The van der Waals surface area contributed by atoms with E-state index in [0.717, 1.165) is 18.2 Å². The second-order valence-corrected chi connectivity index (χ2v) is 6.91. The van der Waals surface area contributed by atoms with Crippen LogP contribution in [0.3, 0.4) is 0 Å². The van der Waals surface area contributed by atoms with Gasteiger partial charge in [-0.25, -0.2) is 21.9 Å². The van der Waals surface area contributed by atoms with Crippen LogP contribution < -0.4 is 4.72 Å². The van der Waals surface area contributed by atoms with Gasteiger partial charge in [0.05, 0.1) is 5.92 Å². The molecule has 1 saturated carbocycles. The number of nitrogens with one attached hydrogen (secondary N) is 1. The van der Waals surface area contributed by atoms with E-state index < -0.39 is 44.7 Å². The van der Waals surface area contributed by atoms with Crippen LogP contribution in [0.25, 0.3) is 0 Å². The van der Waals surface area contributed by atoms with Crippen molar-refractivity contribution in [2.24, 2.45) is 5.92 Å². The van der Waals surface area contributed by atoms with Crippen LogP contribution in [0.15, 0.2) is 23.1 Å². The molecule has 1 N–H and O–H groups in total. The van der Waals surface area contributed by atoms with Gasteiger partial charge in [-0.1, -0.05) is 6.07 Å². The molecule has 0 unspecified atom stereocenters. The van der Waals surface area contributed by atoms with E-state index in [1.54, 1.807) is 0 Å². The monoisotopic (exact) mass is 343 g/mol. The fraction of sp³-hybridized carbons (Fsp3) is 0.538. The second-order valence-electron chi connectivity index (χ2n) is 5.26. The van der Waals surface area contributed by atoms with Crippen molar-refractivity contribution in [3.63, 3.8) is 0 Å². The normalized spacial score (nSPS) is 23.5. The highest BCUT2D eigenvalue weighted by Gasteiger charge is 2.42.